The molecule has 120 valence electrons. The quantitative estimate of drug-likeness (QED) is 0.695. The minimum absolute atomic E-state index is 0.506. The number of H-pyrrole nitrogens is 1. The van der Waals surface area contributed by atoms with E-state index >= 15 is 0 Å². The van der Waals surface area contributed by atoms with Gasteiger partial charge in [-0.3, -0.25) is 0 Å². The molecular weight excluding hydrogens is 292 g/mol. The molecule has 2 N–H and O–H groups in total. The van der Waals surface area contributed by atoms with Crippen molar-refractivity contribution in [2.45, 2.75) is 18.9 Å². The third-order valence-corrected chi connectivity index (χ3v) is 4.71. The van der Waals surface area contributed by atoms with Crippen molar-refractivity contribution in [1.29, 1.82) is 0 Å². The SMILES string of the molecule is C1=C(c2ccccc2)CC(C/C=C/c2cccc3[nH]ccc23)NC1. The lowest BCUT2D eigenvalue weighted by Gasteiger charge is -2.23. The Morgan fingerprint density at radius 3 is 2.83 bits per heavy atom. The van der Waals surface area contributed by atoms with Gasteiger partial charge in [0.15, 0.2) is 0 Å². The van der Waals surface area contributed by atoms with Crippen LogP contribution in [0.15, 0.2) is 72.9 Å². The minimum atomic E-state index is 0.506. The van der Waals surface area contributed by atoms with Gasteiger partial charge in [-0.15, -0.1) is 0 Å². The van der Waals surface area contributed by atoms with Crippen molar-refractivity contribution in [3.8, 4) is 0 Å². The molecule has 4 rings (SSSR count). The van der Waals surface area contributed by atoms with E-state index in [9.17, 15) is 0 Å². The van der Waals surface area contributed by atoms with Crippen LogP contribution in [-0.4, -0.2) is 17.6 Å². The van der Waals surface area contributed by atoms with Crippen molar-refractivity contribution in [3.63, 3.8) is 0 Å². The van der Waals surface area contributed by atoms with Crippen molar-refractivity contribution < 1.29 is 0 Å². The predicted octanol–water partition coefficient (Wildman–Crippen LogP) is 5.02. The zero-order chi connectivity index (χ0) is 16.2. The molecule has 0 aliphatic carbocycles. The molecule has 2 nitrogen and oxygen atoms in total. The third-order valence-electron chi connectivity index (χ3n) is 4.71. The summed E-state index contributed by atoms with van der Waals surface area (Å²) < 4.78 is 0. The Labute approximate surface area is 142 Å². The molecule has 24 heavy (non-hydrogen) atoms. The molecule has 2 aromatic carbocycles. The molecule has 1 atom stereocenters. The van der Waals surface area contributed by atoms with Gasteiger partial charge < -0.3 is 10.3 Å². The summed E-state index contributed by atoms with van der Waals surface area (Å²) in [5.74, 6) is 0. The van der Waals surface area contributed by atoms with Gasteiger partial charge >= 0.3 is 0 Å². The van der Waals surface area contributed by atoms with E-state index in [0.29, 0.717) is 6.04 Å². The lowest BCUT2D eigenvalue weighted by Crippen LogP contribution is -2.32. The highest BCUT2D eigenvalue weighted by Gasteiger charge is 2.14. The van der Waals surface area contributed by atoms with Gasteiger partial charge in [-0.05, 0) is 41.7 Å². The van der Waals surface area contributed by atoms with Gasteiger partial charge in [-0.2, -0.15) is 0 Å². The molecule has 0 saturated heterocycles. The smallest absolute Gasteiger partial charge is 0.0459 e. The third kappa shape index (κ3) is 3.19. The highest BCUT2D eigenvalue weighted by Crippen LogP contribution is 2.24. The van der Waals surface area contributed by atoms with Gasteiger partial charge in [0.2, 0.25) is 0 Å². The number of benzene rings is 2. The van der Waals surface area contributed by atoms with Crippen LogP contribution in [0, 0.1) is 0 Å². The number of aromatic nitrogens is 1. The molecule has 1 aromatic heterocycles. The van der Waals surface area contributed by atoms with E-state index in [0.717, 1.165) is 19.4 Å². The van der Waals surface area contributed by atoms with Crippen molar-refractivity contribution in [3.05, 3.63) is 84.1 Å². The van der Waals surface area contributed by atoms with Crippen LogP contribution in [0.5, 0.6) is 0 Å². The molecule has 0 radical (unpaired) electrons. The van der Waals surface area contributed by atoms with Crippen molar-refractivity contribution in [2.75, 3.05) is 6.54 Å². The van der Waals surface area contributed by atoms with Gasteiger partial charge in [-0.25, -0.2) is 0 Å². The fraction of sp³-hybridized carbons (Fsp3) is 0.182. The van der Waals surface area contributed by atoms with E-state index in [1.807, 2.05) is 6.20 Å². The average molecular weight is 314 g/mol. The highest BCUT2D eigenvalue weighted by molar-refractivity contribution is 5.88. The van der Waals surface area contributed by atoms with Crippen molar-refractivity contribution >= 4 is 22.6 Å². The largest absolute Gasteiger partial charge is 0.361 e. The Balaban J connectivity index is 1.43. The molecule has 0 amide bonds. The van der Waals surface area contributed by atoms with E-state index in [-0.39, 0.29) is 0 Å². The van der Waals surface area contributed by atoms with Crippen molar-refractivity contribution in [1.82, 2.24) is 10.3 Å². The molecule has 2 heterocycles. The Morgan fingerprint density at radius 2 is 1.92 bits per heavy atom. The summed E-state index contributed by atoms with van der Waals surface area (Å²) in [5.41, 5.74) is 5.29. The van der Waals surface area contributed by atoms with E-state index in [1.165, 1.54) is 27.6 Å². The lowest BCUT2D eigenvalue weighted by atomic mass is 9.93. The fourth-order valence-electron chi connectivity index (χ4n) is 3.44. The summed E-state index contributed by atoms with van der Waals surface area (Å²) in [6, 6.07) is 19.8. The highest BCUT2D eigenvalue weighted by atomic mass is 14.9. The number of fused-ring (bicyclic) bond motifs is 1. The number of aromatic amines is 1. The monoisotopic (exact) mass is 314 g/mol. The van der Waals surface area contributed by atoms with E-state index in [4.69, 9.17) is 0 Å². The first-order valence-electron chi connectivity index (χ1n) is 8.60. The van der Waals surface area contributed by atoms with Crippen LogP contribution in [0.1, 0.15) is 24.0 Å². The summed E-state index contributed by atoms with van der Waals surface area (Å²) >= 11 is 0. The summed E-state index contributed by atoms with van der Waals surface area (Å²) in [6.07, 6.45) is 11.0. The van der Waals surface area contributed by atoms with E-state index < -0.39 is 0 Å². The second-order valence-electron chi connectivity index (χ2n) is 6.33. The number of rotatable bonds is 4. The maximum atomic E-state index is 3.60. The van der Waals surface area contributed by atoms with E-state index in [2.05, 4.69) is 83.1 Å². The van der Waals surface area contributed by atoms with Gasteiger partial charge in [0.05, 0.1) is 0 Å². The van der Waals surface area contributed by atoms with Crippen LogP contribution >= 0.6 is 0 Å². The van der Waals surface area contributed by atoms with Gasteiger partial charge in [0, 0.05) is 29.7 Å². The van der Waals surface area contributed by atoms with Crippen LogP contribution in [0.4, 0.5) is 0 Å². The van der Waals surface area contributed by atoms with Crippen LogP contribution in [0.3, 0.4) is 0 Å². The molecule has 1 unspecified atom stereocenters. The molecule has 0 bridgehead atoms. The van der Waals surface area contributed by atoms with Gasteiger partial charge in [0.25, 0.3) is 0 Å². The number of hydrogen-bond donors (Lipinski definition) is 2. The molecule has 0 fully saturated rings. The second-order valence-corrected chi connectivity index (χ2v) is 6.33. The molecular formula is C22H22N2. The first-order valence-corrected chi connectivity index (χ1v) is 8.60. The molecule has 3 aromatic rings. The second kappa shape index (κ2) is 6.90. The molecule has 1 aliphatic heterocycles. The van der Waals surface area contributed by atoms with Crippen LogP contribution in [0.2, 0.25) is 0 Å². The fourth-order valence-corrected chi connectivity index (χ4v) is 3.44. The van der Waals surface area contributed by atoms with E-state index in [1.54, 1.807) is 0 Å². The maximum Gasteiger partial charge on any atom is 0.0459 e. The van der Waals surface area contributed by atoms with Crippen LogP contribution in [0.25, 0.3) is 22.6 Å². The Kier molecular flexibility index (Phi) is 4.30. The normalized spacial score (nSPS) is 18.2. The zero-order valence-corrected chi connectivity index (χ0v) is 13.7. The topological polar surface area (TPSA) is 27.8 Å². The lowest BCUT2D eigenvalue weighted by molar-refractivity contribution is 0.542. The van der Waals surface area contributed by atoms with Gasteiger partial charge in [0.1, 0.15) is 0 Å². The maximum absolute atomic E-state index is 3.60. The molecule has 0 saturated carbocycles. The predicted molar refractivity (Wildman–Crippen MR) is 103 cm³/mol. The molecule has 1 aliphatic rings. The summed E-state index contributed by atoms with van der Waals surface area (Å²) in [4.78, 5) is 3.27. The standard InChI is InChI=1S/C22H22N2/c1-2-6-17(7-3-1)19-12-14-23-20(16-19)10-4-8-18-9-5-11-22-21(18)13-15-24-22/h1-9,11-13,15,20,23-24H,10,14,16H2/b8-4+. The summed E-state index contributed by atoms with van der Waals surface area (Å²) in [7, 11) is 0. The zero-order valence-electron chi connectivity index (χ0n) is 13.7. The summed E-state index contributed by atoms with van der Waals surface area (Å²) in [6.45, 7) is 0.954. The number of nitrogens with one attached hydrogen (secondary N) is 2. The molecule has 2 heteroatoms. The minimum Gasteiger partial charge on any atom is -0.361 e. The Bertz CT molecular complexity index is 871. The van der Waals surface area contributed by atoms with Crippen molar-refractivity contribution in [2.24, 2.45) is 0 Å². The van der Waals surface area contributed by atoms with Crippen LogP contribution in [-0.2, 0) is 0 Å². The average Bonchev–Trinajstić information content (AvgIpc) is 3.12. The first kappa shape index (κ1) is 15.0. The summed E-state index contributed by atoms with van der Waals surface area (Å²) in [5, 5.41) is 4.89. The first-order chi connectivity index (χ1) is 11.9. The number of hydrogen-bond acceptors (Lipinski definition) is 1. The van der Waals surface area contributed by atoms with Crippen LogP contribution < -0.4 is 5.32 Å². The van der Waals surface area contributed by atoms with Gasteiger partial charge in [-0.1, -0.05) is 60.7 Å². The Hall–Kier alpha value is -2.58. The molecule has 0 spiro atoms. The Morgan fingerprint density at radius 1 is 1.00 bits per heavy atom.